The molecule has 0 spiro atoms. The van der Waals surface area contributed by atoms with Crippen LogP contribution in [-0.2, 0) is 10.0 Å². The third-order valence-electron chi connectivity index (χ3n) is 8.35. The molecule has 2 heterocycles. The lowest BCUT2D eigenvalue weighted by Crippen LogP contribution is -2.49. The van der Waals surface area contributed by atoms with Gasteiger partial charge in [-0.05, 0) is 34.4 Å². The normalized spacial score (nSPS) is 18.9. The second kappa shape index (κ2) is 11.3. The zero-order chi connectivity index (χ0) is 27.7. The number of piperazine rings is 2. The van der Waals surface area contributed by atoms with E-state index >= 15 is 0 Å². The number of hydrogen-bond donors (Lipinski definition) is 0. The Bertz CT molecular complexity index is 1430. The average Bonchev–Trinajstić information content (AvgIpc) is 3.31. The summed E-state index contributed by atoms with van der Waals surface area (Å²) in [5.41, 5.74) is 5.91. The van der Waals surface area contributed by atoms with Crippen molar-refractivity contribution in [2.45, 2.75) is 6.04 Å². The van der Waals surface area contributed by atoms with E-state index in [0.29, 0.717) is 63.7 Å². The van der Waals surface area contributed by atoms with Crippen molar-refractivity contribution in [1.29, 1.82) is 0 Å². The van der Waals surface area contributed by atoms with Crippen molar-refractivity contribution in [2.24, 2.45) is 0 Å². The van der Waals surface area contributed by atoms with Gasteiger partial charge in [-0.2, -0.15) is 4.31 Å². The Morgan fingerprint density at radius 1 is 0.775 bits per heavy atom. The minimum Gasteiger partial charge on any atom is -0.491 e. The van der Waals surface area contributed by atoms with E-state index < -0.39 is 10.0 Å². The lowest BCUT2D eigenvalue weighted by molar-refractivity contribution is 0.0595. The highest BCUT2D eigenvalue weighted by molar-refractivity contribution is 7.88. The van der Waals surface area contributed by atoms with Crippen molar-refractivity contribution < 1.29 is 17.9 Å². The quantitative estimate of drug-likeness (QED) is 0.442. The summed E-state index contributed by atoms with van der Waals surface area (Å²) in [7, 11) is -3.14. The molecule has 0 N–H and O–H groups in total. The SMILES string of the molecule is CS(=O)(=O)N1CCN(CCOc2ccccc2C(=O)N2CCN(C3c4ccccc4-c4ccccc43)CC2)CC1. The maximum Gasteiger partial charge on any atom is 0.257 e. The van der Waals surface area contributed by atoms with Crippen molar-refractivity contribution in [1.82, 2.24) is 19.0 Å². The fourth-order valence-electron chi connectivity index (χ4n) is 6.21. The van der Waals surface area contributed by atoms with E-state index in [0.717, 1.165) is 13.1 Å². The Balaban J connectivity index is 1.06. The van der Waals surface area contributed by atoms with Gasteiger partial charge in [0.15, 0.2) is 0 Å². The zero-order valence-corrected chi connectivity index (χ0v) is 23.7. The number of benzene rings is 3. The molecule has 0 unspecified atom stereocenters. The number of amides is 1. The number of sulfonamides is 1. The molecule has 3 aromatic rings. The van der Waals surface area contributed by atoms with E-state index in [1.54, 1.807) is 0 Å². The van der Waals surface area contributed by atoms with Crippen LogP contribution in [0, 0.1) is 0 Å². The molecule has 0 saturated carbocycles. The standard InChI is InChI=1S/C31H36N4O4S/c1-40(37,38)35-20-14-32(15-21-35)22-23-39-29-13-7-6-12-28(29)31(36)34-18-16-33(17-19-34)30-26-10-4-2-8-24(26)25-9-3-5-11-27(25)30/h2-13,30H,14-23H2,1H3. The van der Waals surface area contributed by atoms with Crippen LogP contribution in [0.4, 0.5) is 0 Å². The highest BCUT2D eigenvalue weighted by Gasteiger charge is 2.35. The van der Waals surface area contributed by atoms with Gasteiger partial charge < -0.3 is 9.64 Å². The van der Waals surface area contributed by atoms with Crippen LogP contribution in [-0.4, -0.2) is 105 Å². The van der Waals surface area contributed by atoms with Crippen LogP contribution < -0.4 is 4.74 Å². The topological polar surface area (TPSA) is 73.4 Å². The summed E-state index contributed by atoms with van der Waals surface area (Å²) in [6.07, 6.45) is 1.26. The minimum absolute atomic E-state index is 0.00392. The predicted molar refractivity (Wildman–Crippen MR) is 156 cm³/mol. The van der Waals surface area contributed by atoms with Crippen LogP contribution in [0.3, 0.4) is 0 Å². The molecule has 3 aliphatic rings. The molecule has 0 bridgehead atoms. The van der Waals surface area contributed by atoms with Crippen LogP contribution in [0.15, 0.2) is 72.8 Å². The van der Waals surface area contributed by atoms with Crippen LogP contribution >= 0.6 is 0 Å². The molecular weight excluding hydrogens is 524 g/mol. The van der Waals surface area contributed by atoms with Gasteiger partial charge in [0.25, 0.3) is 5.91 Å². The van der Waals surface area contributed by atoms with Crippen molar-refractivity contribution >= 4 is 15.9 Å². The maximum atomic E-state index is 13.6. The lowest BCUT2D eigenvalue weighted by atomic mass is 10.0. The molecule has 2 saturated heterocycles. The Morgan fingerprint density at radius 2 is 1.35 bits per heavy atom. The molecule has 9 heteroatoms. The van der Waals surface area contributed by atoms with Crippen molar-refractivity contribution in [3.8, 4) is 16.9 Å². The van der Waals surface area contributed by atoms with E-state index in [9.17, 15) is 13.2 Å². The Labute approximate surface area is 236 Å². The summed E-state index contributed by atoms with van der Waals surface area (Å²) < 4.78 is 31.1. The van der Waals surface area contributed by atoms with Crippen LogP contribution in [0.5, 0.6) is 5.75 Å². The maximum absolute atomic E-state index is 13.6. The molecule has 210 valence electrons. The first-order chi connectivity index (χ1) is 19.4. The first-order valence-corrected chi connectivity index (χ1v) is 15.9. The van der Waals surface area contributed by atoms with Gasteiger partial charge in [-0.1, -0.05) is 60.7 Å². The van der Waals surface area contributed by atoms with Gasteiger partial charge in [0.05, 0.1) is 17.9 Å². The fourth-order valence-corrected chi connectivity index (χ4v) is 7.04. The van der Waals surface area contributed by atoms with Crippen LogP contribution in [0.25, 0.3) is 11.1 Å². The van der Waals surface area contributed by atoms with E-state index in [2.05, 4.69) is 58.3 Å². The van der Waals surface area contributed by atoms with Crippen molar-refractivity contribution in [2.75, 3.05) is 71.8 Å². The van der Waals surface area contributed by atoms with Crippen LogP contribution in [0.2, 0.25) is 0 Å². The number of hydrogen-bond acceptors (Lipinski definition) is 6. The first-order valence-electron chi connectivity index (χ1n) is 14.0. The molecule has 0 aromatic heterocycles. The summed E-state index contributed by atoms with van der Waals surface area (Å²) >= 11 is 0. The molecule has 40 heavy (non-hydrogen) atoms. The van der Waals surface area contributed by atoms with Gasteiger partial charge in [0.2, 0.25) is 10.0 Å². The molecule has 8 nitrogen and oxygen atoms in total. The Hall–Kier alpha value is -3.24. The third-order valence-corrected chi connectivity index (χ3v) is 9.65. The van der Waals surface area contributed by atoms with E-state index in [-0.39, 0.29) is 11.9 Å². The molecule has 3 aromatic carbocycles. The van der Waals surface area contributed by atoms with E-state index in [1.807, 2.05) is 29.2 Å². The largest absolute Gasteiger partial charge is 0.491 e. The second-order valence-electron chi connectivity index (χ2n) is 10.8. The summed E-state index contributed by atoms with van der Waals surface area (Å²) in [5, 5.41) is 0. The smallest absolute Gasteiger partial charge is 0.257 e. The Kier molecular flexibility index (Phi) is 7.63. The molecule has 0 atom stereocenters. The first kappa shape index (κ1) is 27.0. The van der Waals surface area contributed by atoms with Crippen LogP contribution in [0.1, 0.15) is 27.5 Å². The van der Waals surface area contributed by atoms with Gasteiger partial charge in [-0.15, -0.1) is 0 Å². The average molecular weight is 561 g/mol. The van der Waals surface area contributed by atoms with Crippen molar-refractivity contribution in [3.63, 3.8) is 0 Å². The number of para-hydroxylation sites is 1. The van der Waals surface area contributed by atoms with Gasteiger partial charge in [0.1, 0.15) is 12.4 Å². The molecule has 2 fully saturated rings. The minimum atomic E-state index is -3.14. The summed E-state index contributed by atoms with van der Waals surface area (Å²) in [5.74, 6) is 0.604. The van der Waals surface area contributed by atoms with Gasteiger partial charge >= 0.3 is 0 Å². The number of rotatable bonds is 7. The van der Waals surface area contributed by atoms with Gasteiger partial charge in [0, 0.05) is 58.9 Å². The molecular formula is C31H36N4O4S. The second-order valence-corrected chi connectivity index (χ2v) is 12.7. The number of fused-ring (bicyclic) bond motifs is 3. The number of carbonyl (C=O) groups excluding carboxylic acids is 1. The summed E-state index contributed by atoms with van der Waals surface area (Å²) in [6.45, 7) is 6.42. The monoisotopic (exact) mass is 560 g/mol. The molecule has 2 aliphatic heterocycles. The van der Waals surface area contributed by atoms with E-state index in [4.69, 9.17) is 4.74 Å². The number of nitrogens with zero attached hydrogens (tertiary/aromatic N) is 4. The summed E-state index contributed by atoms with van der Waals surface area (Å²) in [6, 6.07) is 25.0. The van der Waals surface area contributed by atoms with E-state index in [1.165, 1.54) is 32.8 Å². The van der Waals surface area contributed by atoms with Crippen molar-refractivity contribution in [3.05, 3.63) is 89.5 Å². The third kappa shape index (κ3) is 5.39. The lowest BCUT2D eigenvalue weighted by Gasteiger charge is -2.39. The highest BCUT2D eigenvalue weighted by atomic mass is 32.2. The van der Waals surface area contributed by atoms with Gasteiger partial charge in [-0.25, -0.2) is 8.42 Å². The predicted octanol–water partition coefficient (Wildman–Crippen LogP) is 3.17. The molecule has 1 amide bonds. The highest BCUT2D eigenvalue weighted by Crippen LogP contribution is 2.46. The molecule has 0 radical (unpaired) electrons. The summed E-state index contributed by atoms with van der Waals surface area (Å²) in [4.78, 5) is 20.2. The molecule has 6 rings (SSSR count). The fraction of sp³-hybridized carbons (Fsp3) is 0.387. The Morgan fingerprint density at radius 3 is 1.98 bits per heavy atom. The number of ether oxygens (including phenoxy) is 1. The number of carbonyl (C=O) groups is 1. The zero-order valence-electron chi connectivity index (χ0n) is 22.9. The molecule has 1 aliphatic carbocycles. The van der Waals surface area contributed by atoms with Gasteiger partial charge in [-0.3, -0.25) is 14.6 Å².